The fourth-order valence-electron chi connectivity index (χ4n) is 8.96. The van der Waals surface area contributed by atoms with E-state index in [0.29, 0.717) is 26.4 Å². The number of fused-ring (bicyclic) bond motifs is 10. The summed E-state index contributed by atoms with van der Waals surface area (Å²) >= 11 is 0. The fourth-order valence-corrected chi connectivity index (χ4v) is 8.96. The Labute approximate surface area is 332 Å². The zero-order valence-corrected chi connectivity index (χ0v) is 33.3. The third kappa shape index (κ3) is 5.27. The Morgan fingerprint density at radius 3 is 1.37 bits per heavy atom. The Kier molecular flexibility index (Phi) is 7.39. The maximum atomic E-state index is 7.14. The van der Waals surface area contributed by atoms with Gasteiger partial charge >= 0.3 is 6.71 Å². The number of furan rings is 2. The van der Waals surface area contributed by atoms with Crippen molar-refractivity contribution < 1.29 is 27.8 Å². The van der Waals surface area contributed by atoms with Crippen LogP contribution in [0.5, 0.6) is 23.0 Å². The highest BCUT2D eigenvalue weighted by atomic mass is 16.5. The molecule has 0 saturated heterocycles. The van der Waals surface area contributed by atoms with Gasteiger partial charge in [-0.1, -0.05) is 59.7 Å². The van der Waals surface area contributed by atoms with Crippen LogP contribution in [0, 0.1) is 0 Å². The Morgan fingerprint density at radius 2 is 0.930 bits per heavy atom. The number of rotatable bonds is 2. The first-order valence-electron chi connectivity index (χ1n) is 20.2. The lowest BCUT2D eigenvalue weighted by atomic mass is 9.37. The molecule has 0 fully saturated rings. The van der Waals surface area contributed by atoms with Crippen molar-refractivity contribution in [3.63, 3.8) is 0 Å². The molecule has 0 atom stereocenters. The van der Waals surface area contributed by atoms with E-state index in [1.165, 1.54) is 11.1 Å². The van der Waals surface area contributed by atoms with E-state index in [-0.39, 0.29) is 17.5 Å². The van der Waals surface area contributed by atoms with Crippen LogP contribution >= 0.6 is 0 Å². The molecule has 5 aromatic carbocycles. The molecule has 0 saturated carbocycles. The van der Waals surface area contributed by atoms with E-state index < -0.39 is 0 Å². The highest BCUT2D eigenvalue weighted by Gasteiger charge is 2.50. The molecule has 0 amide bonds. The summed E-state index contributed by atoms with van der Waals surface area (Å²) in [5.41, 5.74) is 12.8. The van der Waals surface area contributed by atoms with Crippen LogP contribution in [0.2, 0.25) is 0 Å². The molecular weight excluding hydrogens is 711 g/mol. The standard InChI is InChI=1S/C48H45BN2O6/c1-47(2,3)28-12-16-36-32(24-28)43-45(56-36)49-42-34(50(43)30-14-18-38-40(26-30)54-22-8-20-52-38)10-7-11-35(42)51(31-15-19-39-41(27-31)55-23-9-21-53-39)44-33-25-29(48(4,5)6)13-17-37(33)57-46(44)49/h7,10-19,24-27H,8-9,20-23H2,1-6H3. The number of nitrogens with zero attached hydrogens (tertiary/aromatic N) is 2. The minimum absolute atomic E-state index is 0.0666. The van der Waals surface area contributed by atoms with Crippen LogP contribution in [-0.2, 0) is 10.8 Å². The first-order chi connectivity index (χ1) is 27.5. The summed E-state index contributed by atoms with van der Waals surface area (Å²) in [6.45, 7) is 15.7. The van der Waals surface area contributed by atoms with Crippen molar-refractivity contribution >= 4 is 79.6 Å². The third-order valence-corrected chi connectivity index (χ3v) is 11.9. The molecule has 0 radical (unpaired) electrons. The first-order valence-corrected chi connectivity index (χ1v) is 20.2. The minimum Gasteiger partial charge on any atom is -0.490 e. The van der Waals surface area contributed by atoms with Crippen LogP contribution in [-0.4, -0.2) is 33.1 Å². The number of hydrogen-bond donors (Lipinski definition) is 0. The van der Waals surface area contributed by atoms with Crippen LogP contribution < -0.4 is 45.5 Å². The highest BCUT2D eigenvalue weighted by Crippen LogP contribution is 2.51. The molecule has 0 spiro atoms. The van der Waals surface area contributed by atoms with Crippen molar-refractivity contribution in [3.05, 3.63) is 102 Å². The SMILES string of the molecule is CC(C)(C)c1ccc2oc3c(c2c1)N(c1ccc2c(c1)OCCCO2)c1cccc2c1B3c1oc3ccc(C(C)(C)C)cc3c1N2c1ccc2c(c1)OCCCO2. The number of ether oxygens (including phenoxy) is 4. The molecule has 57 heavy (non-hydrogen) atoms. The second kappa shape index (κ2) is 12.3. The van der Waals surface area contributed by atoms with Gasteiger partial charge in [0.1, 0.15) is 22.5 Å². The van der Waals surface area contributed by atoms with Crippen LogP contribution in [0.25, 0.3) is 21.9 Å². The molecule has 286 valence electrons. The van der Waals surface area contributed by atoms with Gasteiger partial charge in [0.15, 0.2) is 23.0 Å². The Morgan fingerprint density at radius 1 is 0.491 bits per heavy atom. The summed E-state index contributed by atoms with van der Waals surface area (Å²) in [5.74, 6) is 3.00. The van der Waals surface area contributed by atoms with Gasteiger partial charge in [-0.2, -0.15) is 0 Å². The average molecular weight is 757 g/mol. The number of hydrogen-bond acceptors (Lipinski definition) is 8. The lowest BCUT2D eigenvalue weighted by Gasteiger charge is -2.40. The van der Waals surface area contributed by atoms with Crippen molar-refractivity contribution in [2.24, 2.45) is 0 Å². The van der Waals surface area contributed by atoms with Crippen LogP contribution in [0.15, 0.2) is 99.8 Å². The largest absolute Gasteiger partial charge is 0.490 e. The molecule has 6 heterocycles. The lowest BCUT2D eigenvalue weighted by molar-refractivity contribution is 0.296. The van der Waals surface area contributed by atoms with E-state index in [1.54, 1.807) is 0 Å². The molecule has 0 unspecified atom stereocenters. The third-order valence-electron chi connectivity index (χ3n) is 11.9. The molecule has 9 heteroatoms. The van der Waals surface area contributed by atoms with Crippen LogP contribution in [0.3, 0.4) is 0 Å². The van der Waals surface area contributed by atoms with E-state index in [9.17, 15) is 0 Å². The average Bonchev–Trinajstić information content (AvgIpc) is 3.53. The predicted molar refractivity (Wildman–Crippen MR) is 229 cm³/mol. The molecular formula is C48H45BN2O6. The van der Waals surface area contributed by atoms with Gasteiger partial charge in [-0.25, -0.2) is 0 Å². The smallest absolute Gasteiger partial charge is 0.342 e. The summed E-state index contributed by atoms with van der Waals surface area (Å²) in [7, 11) is 0. The van der Waals surface area contributed by atoms with E-state index in [4.69, 9.17) is 27.8 Å². The van der Waals surface area contributed by atoms with Crippen LogP contribution in [0.1, 0.15) is 65.5 Å². The van der Waals surface area contributed by atoms with E-state index >= 15 is 0 Å². The van der Waals surface area contributed by atoms with E-state index in [2.05, 4.69) is 130 Å². The van der Waals surface area contributed by atoms with Crippen LogP contribution in [0.4, 0.5) is 34.1 Å². The molecule has 11 rings (SSSR count). The molecule has 4 aliphatic heterocycles. The summed E-state index contributed by atoms with van der Waals surface area (Å²) in [5, 5.41) is 2.11. The van der Waals surface area contributed by atoms with Gasteiger partial charge in [0, 0.05) is 47.1 Å². The first kappa shape index (κ1) is 34.3. The zero-order valence-electron chi connectivity index (χ0n) is 33.3. The Hall–Kier alpha value is -5.96. The van der Waals surface area contributed by atoms with Gasteiger partial charge in [0.2, 0.25) is 0 Å². The zero-order chi connectivity index (χ0) is 38.8. The predicted octanol–water partition coefficient (Wildman–Crippen LogP) is 10.2. The van der Waals surface area contributed by atoms with E-state index in [0.717, 1.165) is 109 Å². The van der Waals surface area contributed by atoms with Gasteiger partial charge in [-0.05, 0) is 88.1 Å². The normalized spacial score (nSPS) is 15.9. The molecule has 8 nitrogen and oxygen atoms in total. The van der Waals surface area contributed by atoms with Crippen molar-refractivity contribution in [3.8, 4) is 23.0 Å². The second-order valence-corrected chi connectivity index (χ2v) is 17.7. The topological polar surface area (TPSA) is 69.7 Å². The van der Waals surface area contributed by atoms with Crippen molar-refractivity contribution in [2.45, 2.75) is 65.2 Å². The molecule has 0 N–H and O–H groups in total. The van der Waals surface area contributed by atoms with Gasteiger partial charge in [0.05, 0.1) is 49.2 Å². The summed E-state index contributed by atoms with van der Waals surface area (Å²) in [6.07, 6.45) is 1.67. The fraction of sp³-hybridized carbons (Fsp3) is 0.292. The molecule has 0 aliphatic carbocycles. The Bertz CT molecular complexity index is 2590. The molecule has 4 aliphatic rings. The van der Waals surface area contributed by atoms with Crippen molar-refractivity contribution in [2.75, 3.05) is 36.2 Å². The molecule has 7 aromatic rings. The van der Waals surface area contributed by atoms with Gasteiger partial charge in [0.25, 0.3) is 0 Å². The van der Waals surface area contributed by atoms with E-state index in [1.807, 2.05) is 12.1 Å². The minimum atomic E-state index is -0.328. The maximum absolute atomic E-state index is 7.14. The second-order valence-electron chi connectivity index (χ2n) is 17.7. The lowest BCUT2D eigenvalue weighted by Crippen LogP contribution is -2.60. The van der Waals surface area contributed by atoms with Crippen molar-refractivity contribution in [1.82, 2.24) is 0 Å². The quantitative estimate of drug-likeness (QED) is 0.162. The number of benzene rings is 5. The highest BCUT2D eigenvalue weighted by molar-refractivity contribution is 6.99. The maximum Gasteiger partial charge on any atom is 0.342 e. The Balaban J connectivity index is 1.23. The summed E-state index contributed by atoms with van der Waals surface area (Å²) in [6, 6.07) is 32.5. The van der Waals surface area contributed by atoms with Gasteiger partial charge in [-0.15, -0.1) is 0 Å². The summed E-state index contributed by atoms with van der Waals surface area (Å²) in [4.78, 5) is 4.71. The monoisotopic (exact) mass is 756 g/mol. The van der Waals surface area contributed by atoms with Gasteiger partial charge < -0.3 is 37.6 Å². The molecule has 2 aromatic heterocycles. The molecule has 0 bridgehead atoms. The number of anilines is 6. The van der Waals surface area contributed by atoms with Gasteiger partial charge in [-0.3, -0.25) is 0 Å². The van der Waals surface area contributed by atoms with Crippen molar-refractivity contribution in [1.29, 1.82) is 0 Å². The summed E-state index contributed by atoms with van der Waals surface area (Å²) < 4.78 is 39.1.